The zero-order valence-corrected chi connectivity index (χ0v) is 8.91. The summed E-state index contributed by atoms with van der Waals surface area (Å²) in [5.41, 5.74) is 1.12. The fraction of sp³-hybridized carbons (Fsp3) is 0.0909. The second kappa shape index (κ2) is 5.02. The van der Waals surface area contributed by atoms with E-state index in [1.54, 1.807) is 0 Å². The third-order valence-corrected chi connectivity index (χ3v) is 2.24. The van der Waals surface area contributed by atoms with Gasteiger partial charge in [-0.3, -0.25) is 9.59 Å². The Bertz CT molecular complexity index is 522. The van der Waals surface area contributed by atoms with E-state index < -0.39 is 0 Å². The van der Waals surface area contributed by atoms with Crippen molar-refractivity contribution < 1.29 is 9.59 Å². The third-order valence-electron chi connectivity index (χ3n) is 2.24. The molecule has 0 aliphatic carbocycles. The first-order valence-electron chi connectivity index (χ1n) is 4.98. The van der Waals surface area contributed by atoms with Gasteiger partial charge in [-0.25, -0.2) is 4.68 Å². The van der Waals surface area contributed by atoms with Crippen LogP contribution in [0, 0.1) is 0 Å². The molecule has 6 nitrogen and oxygen atoms in total. The first-order chi connectivity index (χ1) is 8.35. The maximum Gasteiger partial charge on any atom is 0.212 e. The number of carbonyl (C=O) groups excluding carboxylic acids is 2. The number of hydrogen-bond acceptors (Lipinski definition) is 4. The zero-order valence-electron chi connectivity index (χ0n) is 8.91. The third kappa shape index (κ3) is 2.36. The number of nitrogens with one attached hydrogen (secondary N) is 1. The molecule has 0 unspecified atom stereocenters. The predicted octanol–water partition coefficient (Wildman–Crippen LogP) is 0.707. The fourth-order valence-corrected chi connectivity index (χ4v) is 1.48. The van der Waals surface area contributed by atoms with Crippen LogP contribution < -0.4 is 5.32 Å². The molecule has 0 bridgehead atoms. The monoisotopic (exact) mass is 230 g/mol. The molecule has 1 heterocycles. The summed E-state index contributed by atoms with van der Waals surface area (Å²) in [6.07, 6.45) is 1.05. The summed E-state index contributed by atoms with van der Waals surface area (Å²) in [5.74, 6) is 0.304. The van der Waals surface area contributed by atoms with Crippen molar-refractivity contribution in [1.29, 1.82) is 0 Å². The van der Waals surface area contributed by atoms with Crippen LogP contribution in [-0.4, -0.2) is 27.7 Å². The average Bonchev–Trinajstić information content (AvgIpc) is 2.74. The summed E-state index contributed by atoms with van der Waals surface area (Å²) in [6.45, 7) is 0.442. The second-order valence-electron chi connectivity index (χ2n) is 3.35. The molecule has 0 aliphatic heterocycles. The highest BCUT2D eigenvalue weighted by Gasteiger charge is 2.11. The summed E-state index contributed by atoms with van der Waals surface area (Å²) in [7, 11) is 0. The Morgan fingerprint density at radius 3 is 2.65 bits per heavy atom. The van der Waals surface area contributed by atoms with Crippen molar-refractivity contribution in [3.8, 4) is 0 Å². The number of anilines is 1. The van der Waals surface area contributed by atoms with Crippen LogP contribution in [0.3, 0.4) is 0 Å². The number of hydrogen-bond donors (Lipinski definition) is 1. The van der Waals surface area contributed by atoms with E-state index in [1.807, 2.05) is 30.3 Å². The Balaban J connectivity index is 2.29. The maximum absolute atomic E-state index is 10.7. The van der Waals surface area contributed by atoms with E-state index in [2.05, 4.69) is 15.6 Å². The van der Waals surface area contributed by atoms with Crippen LogP contribution in [-0.2, 0) is 11.3 Å². The predicted molar refractivity (Wildman–Crippen MR) is 60.6 cm³/mol. The van der Waals surface area contributed by atoms with Gasteiger partial charge in [-0.1, -0.05) is 35.5 Å². The van der Waals surface area contributed by atoms with Gasteiger partial charge in [0.25, 0.3) is 0 Å². The van der Waals surface area contributed by atoms with E-state index in [1.165, 1.54) is 4.68 Å². The van der Waals surface area contributed by atoms with E-state index in [0.717, 1.165) is 5.56 Å². The summed E-state index contributed by atoms with van der Waals surface area (Å²) in [6, 6.07) is 9.56. The van der Waals surface area contributed by atoms with Gasteiger partial charge in [0, 0.05) is 0 Å². The molecule has 86 valence electrons. The summed E-state index contributed by atoms with van der Waals surface area (Å²) >= 11 is 0. The standard InChI is InChI=1S/C11H10N4O2/c16-7-10-11(12-8-17)15(14-13-10)6-9-4-2-1-3-5-9/h1-5,7-8H,6H2,(H,12,17). The molecule has 0 aliphatic rings. The lowest BCUT2D eigenvalue weighted by Gasteiger charge is -2.04. The highest BCUT2D eigenvalue weighted by atomic mass is 16.1. The van der Waals surface area contributed by atoms with Gasteiger partial charge >= 0.3 is 0 Å². The number of carbonyl (C=O) groups is 2. The normalized spacial score (nSPS) is 9.88. The van der Waals surface area contributed by atoms with Crippen molar-refractivity contribution in [3.05, 3.63) is 41.6 Å². The number of benzene rings is 1. The van der Waals surface area contributed by atoms with Crippen LogP contribution in [0.25, 0.3) is 0 Å². The molecular formula is C11H10N4O2. The van der Waals surface area contributed by atoms with Crippen LogP contribution >= 0.6 is 0 Å². The van der Waals surface area contributed by atoms with E-state index >= 15 is 0 Å². The van der Waals surface area contributed by atoms with Crippen molar-refractivity contribution in [2.45, 2.75) is 6.54 Å². The van der Waals surface area contributed by atoms with E-state index in [9.17, 15) is 9.59 Å². The van der Waals surface area contributed by atoms with E-state index in [-0.39, 0.29) is 5.69 Å². The molecule has 0 atom stereocenters. The fourth-order valence-electron chi connectivity index (χ4n) is 1.48. The largest absolute Gasteiger partial charge is 0.312 e. The molecule has 1 N–H and O–H groups in total. The molecule has 1 aromatic carbocycles. The Morgan fingerprint density at radius 2 is 2.00 bits per heavy atom. The van der Waals surface area contributed by atoms with Crippen molar-refractivity contribution >= 4 is 18.5 Å². The molecule has 0 spiro atoms. The minimum Gasteiger partial charge on any atom is -0.312 e. The molecule has 2 rings (SSSR count). The van der Waals surface area contributed by atoms with Crippen molar-refractivity contribution in [3.63, 3.8) is 0 Å². The van der Waals surface area contributed by atoms with Gasteiger partial charge in [0.15, 0.2) is 17.8 Å². The summed E-state index contributed by atoms with van der Waals surface area (Å²) in [4.78, 5) is 21.1. The number of rotatable bonds is 5. The van der Waals surface area contributed by atoms with Gasteiger partial charge in [0.2, 0.25) is 6.41 Å². The number of nitrogens with zero attached hydrogens (tertiary/aromatic N) is 3. The minimum absolute atomic E-state index is 0.119. The molecular weight excluding hydrogens is 220 g/mol. The molecule has 17 heavy (non-hydrogen) atoms. The first-order valence-corrected chi connectivity index (χ1v) is 4.98. The molecule has 6 heteroatoms. The minimum atomic E-state index is 0.119. The maximum atomic E-state index is 10.7. The van der Waals surface area contributed by atoms with Crippen LogP contribution in [0.1, 0.15) is 16.1 Å². The average molecular weight is 230 g/mol. The van der Waals surface area contributed by atoms with Gasteiger partial charge in [-0.2, -0.15) is 0 Å². The lowest BCUT2D eigenvalue weighted by Crippen LogP contribution is -2.08. The highest BCUT2D eigenvalue weighted by molar-refractivity contribution is 5.84. The smallest absolute Gasteiger partial charge is 0.212 e. The van der Waals surface area contributed by atoms with Crippen molar-refractivity contribution in [1.82, 2.24) is 15.0 Å². The number of aldehydes is 1. The van der Waals surface area contributed by atoms with Crippen molar-refractivity contribution in [2.75, 3.05) is 5.32 Å². The van der Waals surface area contributed by atoms with Gasteiger partial charge in [0.1, 0.15) is 0 Å². The second-order valence-corrected chi connectivity index (χ2v) is 3.35. The topological polar surface area (TPSA) is 76.9 Å². The molecule has 0 fully saturated rings. The highest BCUT2D eigenvalue weighted by Crippen LogP contribution is 2.11. The van der Waals surface area contributed by atoms with Crippen LogP contribution in [0.15, 0.2) is 30.3 Å². The zero-order chi connectivity index (χ0) is 12.1. The van der Waals surface area contributed by atoms with Crippen molar-refractivity contribution in [2.24, 2.45) is 0 Å². The van der Waals surface area contributed by atoms with Crippen LogP contribution in [0.5, 0.6) is 0 Å². The van der Waals surface area contributed by atoms with Gasteiger partial charge < -0.3 is 5.32 Å². The lowest BCUT2D eigenvalue weighted by atomic mass is 10.2. The van der Waals surface area contributed by atoms with E-state index in [4.69, 9.17) is 0 Å². The molecule has 0 saturated heterocycles. The Kier molecular flexibility index (Phi) is 3.25. The molecule has 2 aromatic rings. The lowest BCUT2D eigenvalue weighted by molar-refractivity contribution is -0.105. The Labute approximate surface area is 97.3 Å². The van der Waals surface area contributed by atoms with Crippen LogP contribution in [0.4, 0.5) is 5.82 Å². The first kappa shape index (κ1) is 11.0. The number of aromatic nitrogens is 3. The molecule has 0 saturated carbocycles. The van der Waals surface area contributed by atoms with Crippen LogP contribution in [0.2, 0.25) is 0 Å². The summed E-state index contributed by atoms with van der Waals surface area (Å²) < 4.78 is 1.47. The molecule has 1 aromatic heterocycles. The molecule has 0 radical (unpaired) electrons. The Hall–Kier alpha value is -2.50. The van der Waals surface area contributed by atoms with E-state index in [0.29, 0.717) is 25.1 Å². The van der Waals surface area contributed by atoms with Gasteiger partial charge in [-0.15, -0.1) is 5.10 Å². The van der Waals surface area contributed by atoms with Gasteiger partial charge in [-0.05, 0) is 5.56 Å². The summed E-state index contributed by atoms with van der Waals surface area (Å²) in [5, 5.41) is 9.91. The molecule has 1 amide bonds. The van der Waals surface area contributed by atoms with Gasteiger partial charge in [0.05, 0.1) is 6.54 Å². The quantitative estimate of drug-likeness (QED) is 0.767. The SMILES string of the molecule is O=CNc1c(C=O)nnn1Cc1ccccc1. The Morgan fingerprint density at radius 1 is 1.24 bits per heavy atom. The number of amides is 1.